The van der Waals surface area contributed by atoms with Gasteiger partial charge in [0.25, 0.3) is 0 Å². The van der Waals surface area contributed by atoms with Gasteiger partial charge in [-0.15, -0.1) is 23.5 Å². The van der Waals surface area contributed by atoms with Crippen LogP contribution in [-0.2, 0) is 4.79 Å². The summed E-state index contributed by atoms with van der Waals surface area (Å²) in [7, 11) is 0. The van der Waals surface area contributed by atoms with Crippen molar-refractivity contribution < 1.29 is 14.3 Å². The van der Waals surface area contributed by atoms with Crippen LogP contribution in [0, 0.1) is 0 Å². The predicted molar refractivity (Wildman–Crippen MR) is 107 cm³/mol. The SMILES string of the molecule is CCOc1ccc(OCCSCC(=O)Nc2cccc(SC)c2)cc1. The normalized spacial score (nSPS) is 10.3. The van der Waals surface area contributed by atoms with Crippen LogP contribution >= 0.6 is 23.5 Å². The van der Waals surface area contributed by atoms with Gasteiger partial charge in [0, 0.05) is 16.3 Å². The van der Waals surface area contributed by atoms with Gasteiger partial charge in [0.05, 0.1) is 19.0 Å². The fraction of sp³-hybridized carbons (Fsp3) is 0.316. The van der Waals surface area contributed by atoms with Crippen LogP contribution in [0.15, 0.2) is 53.4 Å². The first kappa shape index (κ1) is 19.5. The van der Waals surface area contributed by atoms with Crippen molar-refractivity contribution in [3.63, 3.8) is 0 Å². The molecule has 2 aromatic carbocycles. The van der Waals surface area contributed by atoms with E-state index in [1.165, 1.54) is 0 Å². The average Bonchev–Trinajstić information content (AvgIpc) is 2.63. The number of thioether (sulfide) groups is 2. The number of anilines is 1. The zero-order valence-electron chi connectivity index (χ0n) is 14.5. The number of benzene rings is 2. The molecule has 0 saturated carbocycles. The maximum Gasteiger partial charge on any atom is 0.234 e. The summed E-state index contributed by atoms with van der Waals surface area (Å²) in [6, 6.07) is 15.4. The predicted octanol–water partition coefficient (Wildman–Crippen LogP) is 4.56. The van der Waals surface area contributed by atoms with Crippen LogP contribution in [0.1, 0.15) is 6.92 Å². The Morgan fingerprint density at radius 1 is 1.08 bits per heavy atom. The highest BCUT2D eigenvalue weighted by atomic mass is 32.2. The van der Waals surface area contributed by atoms with E-state index in [4.69, 9.17) is 9.47 Å². The van der Waals surface area contributed by atoms with Gasteiger partial charge in [0.1, 0.15) is 11.5 Å². The van der Waals surface area contributed by atoms with Crippen molar-refractivity contribution in [2.45, 2.75) is 11.8 Å². The molecule has 2 aromatic rings. The van der Waals surface area contributed by atoms with E-state index in [0.29, 0.717) is 19.0 Å². The van der Waals surface area contributed by atoms with Gasteiger partial charge in [-0.05, 0) is 55.6 Å². The summed E-state index contributed by atoms with van der Waals surface area (Å²) in [5.74, 6) is 2.82. The zero-order chi connectivity index (χ0) is 17.9. The van der Waals surface area contributed by atoms with Crippen molar-refractivity contribution in [2.75, 3.05) is 36.3 Å². The Kier molecular flexibility index (Phi) is 8.55. The molecule has 0 spiro atoms. The Morgan fingerprint density at radius 3 is 2.48 bits per heavy atom. The lowest BCUT2D eigenvalue weighted by Gasteiger charge is -2.08. The van der Waals surface area contributed by atoms with Crippen molar-refractivity contribution in [1.82, 2.24) is 0 Å². The molecular formula is C19H23NO3S2. The second-order valence-corrected chi connectivity index (χ2v) is 7.07. The third kappa shape index (κ3) is 7.32. The highest BCUT2D eigenvalue weighted by molar-refractivity contribution is 8.00. The van der Waals surface area contributed by atoms with Crippen LogP contribution in [0.3, 0.4) is 0 Å². The minimum Gasteiger partial charge on any atom is -0.494 e. The topological polar surface area (TPSA) is 47.6 Å². The monoisotopic (exact) mass is 377 g/mol. The highest BCUT2D eigenvalue weighted by Crippen LogP contribution is 2.19. The van der Waals surface area contributed by atoms with Crippen LogP contribution < -0.4 is 14.8 Å². The number of carbonyl (C=O) groups excluding carboxylic acids is 1. The average molecular weight is 378 g/mol. The van der Waals surface area contributed by atoms with E-state index in [-0.39, 0.29) is 5.91 Å². The molecule has 0 aromatic heterocycles. The minimum atomic E-state index is 0.00400. The fourth-order valence-electron chi connectivity index (χ4n) is 2.08. The molecule has 0 aliphatic carbocycles. The smallest absolute Gasteiger partial charge is 0.234 e. The van der Waals surface area contributed by atoms with E-state index in [0.717, 1.165) is 27.8 Å². The fourth-order valence-corrected chi connectivity index (χ4v) is 3.14. The third-order valence-electron chi connectivity index (χ3n) is 3.22. The number of carbonyl (C=O) groups is 1. The van der Waals surface area contributed by atoms with E-state index in [2.05, 4.69) is 5.32 Å². The van der Waals surface area contributed by atoms with Crippen molar-refractivity contribution in [2.24, 2.45) is 0 Å². The van der Waals surface area contributed by atoms with E-state index < -0.39 is 0 Å². The first-order valence-electron chi connectivity index (χ1n) is 8.08. The van der Waals surface area contributed by atoms with Crippen LogP contribution in [0.2, 0.25) is 0 Å². The van der Waals surface area contributed by atoms with Crippen molar-refractivity contribution in [1.29, 1.82) is 0 Å². The van der Waals surface area contributed by atoms with E-state index in [9.17, 15) is 4.79 Å². The molecule has 0 bridgehead atoms. The molecule has 0 aliphatic heterocycles. The molecule has 0 aliphatic rings. The lowest BCUT2D eigenvalue weighted by molar-refractivity contribution is -0.113. The summed E-state index contributed by atoms with van der Waals surface area (Å²) in [5.41, 5.74) is 0.836. The minimum absolute atomic E-state index is 0.00400. The molecule has 2 rings (SSSR count). The van der Waals surface area contributed by atoms with Gasteiger partial charge in [0.2, 0.25) is 5.91 Å². The standard InChI is InChI=1S/C19H23NO3S2/c1-3-22-16-7-9-17(10-8-16)23-11-12-25-14-19(21)20-15-5-4-6-18(13-15)24-2/h4-10,13H,3,11-12,14H2,1-2H3,(H,20,21). The van der Waals surface area contributed by atoms with Crippen LogP contribution in [0.25, 0.3) is 0 Å². The largest absolute Gasteiger partial charge is 0.494 e. The number of ether oxygens (including phenoxy) is 2. The molecular weight excluding hydrogens is 354 g/mol. The number of hydrogen-bond donors (Lipinski definition) is 1. The summed E-state index contributed by atoms with van der Waals surface area (Å²) >= 11 is 3.21. The zero-order valence-corrected chi connectivity index (χ0v) is 16.1. The van der Waals surface area contributed by atoms with Gasteiger partial charge in [-0.25, -0.2) is 0 Å². The molecule has 0 fully saturated rings. The Morgan fingerprint density at radius 2 is 1.80 bits per heavy atom. The molecule has 0 atom stereocenters. The molecule has 1 N–H and O–H groups in total. The number of nitrogens with one attached hydrogen (secondary N) is 1. The molecule has 0 heterocycles. The van der Waals surface area contributed by atoms with Gasteiger partial charge in [-0.1, -0.05) is 6.07 Å². The molecule has 6 heteroatoms. The van der Waals surface area contributed by atoms with Crippen molar-refractivity contribution >= 4 is 35.1 Å². The lowest BCUT2D eigenvalue weighted by atomic mass is 10.3. The molecule has 0 radical (unpaired) electrons. The number of hydrogen-bond acceptors (Lipinski definition) is 5. The lowest BCUT2D eigenvalue weighted by Crippen LogP contribution is -2.15. The van der Waals surface area contributed by atoms with E-state index in [1.54, 1.807) is 23.5 Å². The summed E-state index contributed by atoms with van der Waals surface area (Å²) in [6.07, 6.45) is 2.02. The van der Waals surface area contributed by atoms with Crippen LogP contribution in [0.4, 0.5) is 5.69 Å². The molecule has 25 heavy (non-hydrogen) atoms. The molecule has 0 unspecified atom stereocenters. The molecule has 134 valence electrons. The van der Waals surface area contributed by atoms with Gasteiger partial charge >= 0.3 is 0 Å². The van der Waals surface area contributed by atoms with E-state index >= 15 is 0 Å². The second-order valence-electron chi connectivity index (χ2n) is 5.09. The highest BCUT2D eigenvalue weighted by Gasteiger charge is 2.03. The Labute approximate surface area is 157 Å². The quantitative estimate of drug-likeness (QED) is 0.486. The summed E-state index contributed by atoms with van der Waals surface area (Å²) in [5, 5.41) is 2.92. The van der Waals surface area contributed by atoms with Crippen LogP contribution in [0.5, 0.6) is 11.5 Å². The Bertz CT molecular complexity index is 662. The molecule has 0 saturated heterocycles. The maximum atomic E-state index is 12.0. The first-order chi connectivity index (χ1) is 12.2. The van der Waals surface area contributed by atoms with E-state index in [1.807, 2.05) is 61.7 Å². The summed E-state index contributed by atoms with van der Waals surface area (Å²) in [6.45, 7) is 3.17. The van der Waals surface area contributed by atoms with Gasteiger partial charge < -0.3 is 14.8 Å². The molecule has 4 nitrogen and oxygen atoms in total. The number of amides is 1. The van der Waals surface area contributed by atoms with Crippen molar-refractivity contribution in [3.05, 3.63) is 48.5 Å². The Hall–Kier alpha value is -1.79. The van der Waals surface area contributed by atoms with Gasteiger partial charge in [0.15, 0.2) is 0 Å². The maximum absolute atomic E-state index is 12.0. The third-order valence-corrected chi connectivity index (χ3v) is 4.86. The summed E-state index contributed by atoms with van der Waals surface area (Å²) in [4.78, 5) is 13.1. The Balaban J connectivity index is 1.62. The first-order valence-corrected chi connectivity index (χ1v) is 10.5. The molecule has 1 amide bonds. The van der Waals surface area contributed by atoms with Crippen LogP contribution in [-0.4, -0.2) is 36.9 Å². The van der Waals surface area contributed by atoms with Gasteiger partial charge in [-0.3, -0.25) is 4.79 Å². The van der Waals surface area contributed by atoms with Crippen molar-refractivity contribution in [3.8, 4) is 11.5 Å². The second kappa shape index (κ2) is 10.9. The van der Waals surface area contributed by atoms with Gasteiger partial charge in [-0.2, -0.15) is 0 Å². The summed E-state index contributed by atoms with van der Waals surface area (Å²) < 4.78 is 11.0. The number of rotatable bonds is 10.